The van der Waals surface area contributed by atoms with Crippen LogP contribution in [-0.2, 0) is 6.61 Å². The average Bonchev–Trinajstić information content (AvgIpc) is 2.54. The Morgan fingerprint density at radius 3 is 2.12 bits per heavy atom. The van der Waals surface area contributed by atoms with Gasteiger partial charge >= 0.3 is 0 Å². The first kappa shape index (κ1) is 18.3. The van der Waals surface area contributed by atoms with Gasteiger partial charge in [0, 0.05) is 28.2 Å². The van der Waals surface area contributed by atoms with Gasteiger partial charge in [-0.2, -0.15) is 0 Å². The molecule has 2 aromatic rings. The minimum atomic E-state index is 0.0395. The van der Waals surface area contributed by atoms with Crippen molar-refractivity contribution in [3.05, 3.63) is 64.7 Å². The van der Waals surface area contributed by atoms with Crippen LogP contribution < -0.4 is 4.74 Å². The molecule has 1 amide bonds. The molecule has 0 bridgehead atoms. The zero-order valence-corrected chi connectivity index (χ0v) is 15.4. The van der Waals surface area contributed by atoms with Gasteiger partial charge in [-0.25, -0.2) is 0 Å². The smallest absolute Gasteiger partial charge is 0.254 e. The van der Waals surface area contributed by atoms with E-state index in [1.54, 1.807) is 0 Å². The molecule has 0 aliphatic heterocycles. The number of benzene rings is 2. The van der Waals surface area contributed by atoms with Crippen LogP contribution in [-0.4, -0.2) is 22.9 Å². The van der Waals surface area contributed by atoms with E-state index in [1.165, 1.54) is 0 Å². The number of carbonyl (C=O) groups excluding carboxylic acids is 1. The van der Waals surface area contributed by atoms with E-state index in [9.17, 15) is 4.79 Å². The molecule has 0 fully saturated rings. The van der Waals surface area contributed by atoms with E-state index in [0.717, 1.165) is 5.56 Å². The van der Waals surface area contributed by atoms with Crippen molar-refractivity contribution in [1.29, 1.82) is 0 Å². The van der Waals surface area contributed by atoms with E-state index in [-0.39, 0.29) is 18.0 Å². The van der Waals surface area contributed by atoms with Gasteiger partial charge < -0.3 is 9.64 Å². The van der Waals surface area contributed by atoms with Crippen LogP contribution in [0.25, 0.3) is 0 Å². The van der Waals surface area contributed by atoms with Crippen molar-refractivity contribution in [1.82, 2.24) is 4.90 Å². The lowest BCUT2D eigenvalue weighted by Crippen LogP contribution is -2.42. The molecule has 2 aromatic carbocycles. The van der Waals surface area contributed by atoms with E-state index in [4.69, 9.17) is 16.3 Å². The Hall–Kier alpha value is -2.00. The van der Waals surface area contributed by atoms with Crippen LogP contribution in [0.4, 0.5) is 0 Å². The van der Waals surface area contributed by atoms with E-state index in [0.29, 0.717) is 22.9 Å². The Morgan fingerprint density at radius 2 is 1.58 bits per heavy atom. The molecule has 2 rings (SSSR count). The lowest BCUT2D eigenvalue weighted by Gasteiger charge is -2.30. The second-order valence-electron chi connectivity index (χ2n) is 6.30. The highest BCUT2D eigenvalue weighted by molar-refractivity contribution is 6.31. The number of nitrogens with zero attached hydrogens (tertiary/aromatic N) is 1. The lowest BCUT2D eigenvalue weighted by molar-refractivity contribution is 0.0643. The highest BCUT2D eigenvalue weighted by Crippen LogP contribution is 2.20. The second kappa shape index (κ2) is 8.20. The molecule has 128 valence electrons. The first-order chi connectivity index (χ1) is 11.4. The summed E-state index contributed by atoms with van der Waals surface area (Å²) >= 11 is 6.12. The number of amides is 1. The number of carbonyl (C=O) groups is 1. The predicted octanol–water partition coefficient (Wildman–Crippen LogP) is 5.18. The molecule has 0 saturated heterocycles. The molecule has 0 radical (unpaired) electrons. The minimum Gasteiger partial charge on any atom is -0.489 e. The third-order valence-corrected chi connectivity index (χ3v) is 4.17. The quantitative estimate of drug-likeness (QED) is 0.722. The maximum Gasteiger partial charge on any atom is 0.254 e. The van der Waals surface area contributed by atoms with Crippen molar-refractivity contribution in [3.8, 4) is 5.75 Å². The topological polar surface area (TPSA) is 29.5 Å². The summed E-state index contributed by atoms with van der Waals surface area (Å²) in [6, 6.07) is 15.2. The van der Waals surface area contributed by atoms with Gasteiger partial charge in [-0.05, 0) is 58.0 Å². The molecule has 0 saturated carbocycles. The molecule has 24 heavy (non-hydrogen) atoms. The summed E-state index contributed by atoms with van der Waals surface area (Å²) in [5, 5.41) is 0.689. The monoisotopic (exact) mass is 345 g/mol. The number of hydrogen-bond donors (Lipinski definition) is 0. The summed E-state index contributed by atoms with van der Waals surface area (Å²) in [4.78, 5) is 14.5. The Bertz CT molecular complexity index is 672. The molecule has 0 aliphatic carbocycles. The van der Waals surface area contributed by atoms with Crippen LogP contribution in [0.2, 0.25) is 5.02 Å². The van der Waals surface area contributed by atoms with Crippen molar-refractivity contribution in [3.63, 3.8) is 0 Å². The van der Waals surface area contributed by atoms with E-state index < -0.39 is 0 Å². The molecule has 0 aromatic heterocycles. The fourth-order valence-electron chi connectivity index (χ4n) is 2.68. The Labute approximate surface area is 149 Å². The van der Waals surface area contributed by atoms with Crippen molar-refractivity contribution in [2.45, 2.75) is 46.4 Å². The highest BCUT2D eigenvalue weighted by atomic mass is 35.5. The van der Waals surface area contributed by atoms with Gasteiger partial charge in [-0.3, -0.25) is 4.79 Å². The summed E-state index contributed by atoms with van der Waals surface area (Å²) in [5.41, 5.74) is 1.60. The van der Waals surface area contributed by atoms with E-state index in [1.807, 2.05) is 81.1 Å². The van der Waals surface area contributed by atoms with Gasteiger partial charge in [0.05, 0.1) is 0 Å². The number of hydrogen-bond acceptors (Lipinski definition) is 2. The van der Waals surface area contributed by atoms with Gasteiger partial charge in [-0.1, -0.05) is 29.8 Å². The summed E-state index contributed by atoms with van der Waals surface area (Å²) < 4.78 is 5.75. The summed E-state index contributed by atoms with van der Waals surface area (Å²) in [6.07, 6.45) is 0. The molecular formula is C20H24ClNO2. The predicted molar refractivity (Wildman–Crippen MR) is 98.7 cm³/mol. The first-order valence-corrected chi connectivity index (χ1v) is 8.57. The Kier molecular flexibility index (Phi) is 6.27. The van der Waals surface area contributed by atoms with Crippen molar-refractivity contribution >= 4 is 17.5 Å². The van der Waals surface area contributed by atoms with Crippen LogP contribution >= 0.6 is 11.6 Å². The molecule has 0 aliphatic rings. The number of ether oxygens (including phenoxy) is 1. The van der Waals surface area contributed by atoms with Gasteiger partial charge in [0.15, 0.2) is 0 Å². The summed E-state index contributed by atoms with van der Waals surface area (Å²) in [7, 11) is 0. The second-order valence-corrected chi connectivity index (χ2v) is 6.71. The van der Waals surface area contributed by atoms with Crippen LogP contribution in [0.5, 0.6) is 5.75 Å². The number of halogens is 1. The molecule has 4 heteroatoms. The van der Waals surface area contributed by atoms with Crippen LogP contribution in [0.15, 0.2) is 48.5 Å². The van der Waals surface area contributed by atoms with E-state index in [2.05, 4.69) is 0 Å². The molecule has 0 spiro atoms. The largest absolute Gasteiger partial charge is 0.489 e. The Balaban J connectivity index is 2.05. The summed E-state index contributed by atoms with van der Waals surface area (Å²) in [5.74, 6) is 0.754. The highest BCUT2D eigenvalue weighted by Gasteiger charge is 2.21. The van der Waals surface area contributed by atoms with Gasteiger partial charge in [0.1, 0.15) is 12.4 Å². The van der Waals surface area contributed by atoms with E-state index >= 15 is 0 Å². The number of rotatable bonds is 6. The van der Waals surface area contributed by atoms with Crippen molar-refractivity contribution < 1.29 is 9.53 Å². The van der Waals surface area contributed by atoms with Gasteiger partial charge in [0.2, 0.25) is 0 Å². The van der Waals surface area contributed by atoms with Crippen LogP contribution in [0, 0.1) is 0 Å². The minimum absolute atomic E-state index is 0.0395. The first-order valence-electron chi connectivity index (χ1n) is 8.19. The molecule has 0 heterocycles. The molecular weight excluding hydrogens is 322 g/mol. The summed E-state index contributed by atoms with van der Waals surface area (Å²) in [6.45, 7) is 8.51. The SMILES string of the molecule is CC(C)N(C(=O)c1ccc(OCc2ccccc2Cl)cc1)C(C)C. The standard InChI is InChI=1S/C20H24ClNO2/c1-14(2)22(15(3)4)20(23)16-9-11-18(12-10-16)24-13-17-7-5-6-8-19(17)21/h5-12,14-15H,13H2,1-4H3. The van der Waals surface area contributed by atoms with Gasteiger partial charge in [0.25, 0.3) is 5.91 Å². The third kappa shape index (κ3) is 4.51. The fourth-order valence-corrected chi connectivity index (χ4v) is 2.87. The van der Waals surface area contributed by atoms with Crippen molar-refractivity contribution in [2.75, 3.05) is 0 Å². The molecule has 0 unspecified atom stereocenters. The third-order valence-electron chi connectivity index (χ3n) is 3.80. The normalized spacial score (nSPS) is 11.0. The maximum atomic E-state index is 12.6. The van der Waals surface area contributed by atoms with Crippen LogP contribution in [0.1, 0.15) is 43.6 Å². The zero-order chi connectivity index (χ0) is 17.7. The van der Waals surface area contributed by atoms with Crippen LogP contribution in [0.3, 0.4) is 0 Å². The fraction of sp³-hybridized carbons (Fsp3) is 0.350. The molecule has 0 atom stereocenters. The molecule has 0 N–H and O–H groups in total. The molecule has 3 nitrogen and oxygen atoms in total. The maximum absolute atomic E-state index is 12.6. The zero-order valence-electron chi connectivity index (χ0n) is 14.6. The van der Waals surface area contributed by atoms with Gasteiger partial charge in [-0.15, -0.1) is 0 Å². The lowest BCUT2D eigenvalue weighted by atomic mass is 10.1. The average molecular weight is 346 g/mol. The van der Waals surface area contributed by atoms with Crippen molar-refractivity contribution in [2.24, 2.45) is 0 Å². The Morgan fingerprint density at radius 1 is 1.00 bits per heavy atom.